The van der Waals surface area contributed by atoms with E-state index in [1.165, 1.54) is 13.2 Å². The van der Waals surface area contributed by atoms with Gasteiger partial charge < -0.3 is 9.47 Å². The highest BCUT2D eigenvalue weighted by atomic mass is 16.5. The van der Waals surface area contributed by atoms with E-state index in [-0.39, 0.29) is 0 Å². The molecule has 2 aromatic rings. The first-order valence-electron chi connectivity index (χ1n) is 6.88. The zero-order valence-electron chi connectivity index (χ0n) is 12.9. The summed E-state index contributed by atoms with van der Waals surface area (Å²) in [5, 5.41) is 0. The van der Waals surface area contributed by atoms with Gasteiger partial charge in [-0.25, -0.2) is 4.79 Å². The first kappa shape index (κ1) is 16.2. The lowest BCUT2D eigenvalue weighted by molar-refractivity contribution is -0.134. The molecule has 0 amide bonds. The fourth-order valence-electron chi connectivity index (χ4n) is 1.75. The van der Waals surface area contributed by atoms with E-state index in [9.17, 15) is 4.79 Å². The maximum atomic E-state index is 11.2. The van der Waals surface area contributed by atoms with E-state index in [1.807, 2.05) is 48.5 Å². The molecule has 0 saturated carbocycles. The summed E-state index contributed by atoms with van der Waals surface area (Å²) in [5.74, 6) is 0.342. The van der Waals surface area contributed by atoms with Crippen molar-refractivity contribution < 1.29 is 14.3 Å². The lowest BCUT2D eigenvalue weighted by Gasteiger charge is -1.98. The molecule has 0 saturated heterocycles. The van der Waals surface area contributed by atoms with Crippen LogP contribution in [0.25, 0.3) is 6.08 Å². The molecule has 0 radical (unpaired) electrons. The number of hydrogen-bond donors (Lipinski definition) is 0. The number of esters is 1. The molecule has 0 aliphatic heterocycles. The van der Waals surface area contributed by atoms with Crippen LogP contribution in [0.1, 0.15) is 5.56 Å². The Morgan fingerprint density at radius 2 is 1.78 bits per heavy atom. The van der Waals surface area contributed by atoms with Crippen molar-refractivity contribution in [3.8, 4) is 5.75 Å². The van der Waals surface area contributed by atoms with Crippen molar-refractivity contribution >= 4 is 29.4 Å². The molecular weight excluding hydrogens is 292 g/mol. The lowest BCUT2D eigenvalue weighted by Crippen LogP contribution is -1.93. The van der Waals surface area contributed by atoms with E-state index < -0.39 is 5.97 Å². The SMILES string of the molecule is COC(=O)/C=C/c1ccccc1N=C=Nc1ccc(OC)cc1. The van der Waals surface area contributed by atoms with Crippen molar-refractivity contribution in [2.75, 3.05) is 14.2 Å². The topological polar surface area (TPSA) is 60.2 Å². The summed E-state index contributed by atoms with van der Waals surface area (Å²) >= 11 is 0. The zero-order chi connectivity index (χ0) is 16.5. The Morgan fingerprint density at radius 1 is 1.04 bits per heavy atom. The number of benzene rings is 2. The first-order chi connectivity index (χ1) is 11.2. The average molecular weight is 308 g/mol. The smallest absolute Gasteiger partial charge is 0.330 e. The van der Waals surface area contributed by atoms with Crippen molar-refractivity contribution in [2.45, 2.75) is 0 Å². The van der Waals surface area contributed by atoms with Crippen LogP contribution in [0.15, 0.2) is 64.6 Å². The fourth-order valence-corrected chi connectivity index (χ4v) is 1.75. The normalized spacial score (nSPS) is 10.0. The second kappa shape index (κ2) is 8.32. The molecule has 116 valence electrons. The molecule has 5 heteroatoms. The van der Waals surface area contributed by atoms with Gasteiger partial charge in [0.2, 0.25) is 0 Å². The van der Waals surface area contributed by atoms with Gasteiger partial charge in [0, 0.05) is 11.6 Å². The summed E-state index contributed by atoms with van der Waals surface area (Å²) in [5.41, 5.74) is 2.15. The fraction of sp³-hybridized carbons (Fsp3) is 0.111. The Morgan fingerprint density at radius 3 is 2.48 bits per heavy atom. The van der Waals surface area contributed by atoms with Crippen LogP contribution in [0.3, 0.4) is 0 Å². The standard InChI is InChI=1S/C18H16N2O3/c1-22-16-10-8-15(9-11-16)19-13-20-17-6-4-3-5-14(17)7-12-18(21)23-2/h3-12H,1-2H3/b12-7+. The first-order valence-corrected chi connectivity index (χ1v) is 6.88. The zero-order valence-corrected chi connectivity index (χ0v) is 12.9. The molecule has 0 N–H and O–H groups in total. The number of carbonyl (C=O) groups excluding carboxylic acids is 1. The number of ether oxygens (including phenoxy) is 2. The highest BCUT2D eigenvalue weighted by Crippen LogP contribution is 2.20. The minimum atomic E-state index is -0.421. The van der Waals surface area contributed by atoms with E-state index in [1.54, 1.807) is 13.2 Å². The van der Waals surface area contributed by atoms with Crippen LogP contribution in [0, 0.1) is 0 Å². The van der Waals surface area contributed by atoms with Crippen LogP contribution < -0.4 is 4.74 Å². The van der Waals surface area contributed by atoms with Crippen molar-refractivity contribution in [1.29, 1.82) is 0 Å². The van der Waals surface area contributed by atoms with Crippen LogP contribution in [0.2, 0.25) is 0 Å². The molecule has 5 nitrogen and oxygen atoms in total. The van der Waals surface area contributed by atoms with Crippen molar-refractivity contribution in [1.82, 2.24) is 0 Å². The minimum absolute atomic E-state index is 0.421. The molecule has 0 aromatic heterocycles. The van der Waals surface area contributed by atoms with Crippen molar-refractivity contribution in [2.24, 2.45) is 9.98 Å². The Balaban J connectivity index is 2.19. The largest absolute Gasteiger partial charge is 0.497 e. The van der Waals surface area contributed by atoms with E-state index in [0.717, 1.165) is 17.0 Å². The molecule has 2 rings (SSSR count). The number of rotatable bonds is 5. The van der Waals surface area contributed by atoms with Gasteiger partial charge in [-0.15, -0.1) is 0 Å². The maximum Gasteiger partial charge on any atom is 0.330 e. The summed E-state index contributed by atoms with van der Waals surface area (Å²) in [4.78, 5) is 19.5. The summed E-state index contributed by atoms with van der Waals surface area (Å²) < 4.78 is 9.65. The van der Waals surface area contributed by atoms with Crippen LogP contribution in [0.5, 0.6) is 5.75 Å². The van der Waals surface area contributed by atoms with Crippen LogP contribution >= 0.6 is 0 Å². The van der Waals surface area contributed by atoms with Gasteiger partial charge in [-0.05, 0) is 36.4 Å². The third-order valence-electron chi connectivity index (χ3n) is 2.96. The van der Waals surface area contributed by atoms with Gasteiger partial charge in [0.15, 0.2) is 0 Å². The summed E-state index contributed by atoms with van der Waals surface area (Å²) in [6, 6.07) is 17.3. The van der Waals surface area contributed by atoms with Gasteiger partial charge in [-0.1, -0.05) is 18.2 Å². The highest BCUT2D eigenvalue weighted by Gasteiger charge is 1.97. The lowest BCUT2D eigenvalue weighted by atomic mass is 10.1. The molecule has 23 heavy (non-hydrogen) atoms. The molecule has 0 aliphatic carbocycles. The van der Waals surface area contributed by atoms with Crippen molar-refractivity contribution in [3.63, 3.8) is 0 Å². The number of carbonyl (C=O) groups is 1. The predicted octanol–water partition coefficient (Wildman–Crippen LogP) is 4.02. The average Bonchev–Trinajstić information content (AvgIpc) is 2.61. The second-order valence-corrected chi connectivity index (χ2v) is 4.44. The van der Waals surface area contributed by atoms with Gasteiger partial charge >= 0.3 is 5.97 Å². The van der Waals surface area contributed by atoms with E-state index in [2.05, 4.69) is 20.7 Å². The second-order valence-electron chi connectivity index (χ2n) is 4.44. The number of nitrogens with zero attached hydrogens (tertiary/aromatic N) is 2. The minimum Gasteiger partial charge on any atom is -0.497 e. The molecule has 0 fully saturated rings. The van der Waals surface area contributed by atoms with Crippen molar-refractivity contribution in [3.05, 3.63) is 60.2 Å². The Kier molecular flexibility index (Phi) is 5.86. The summed E-state index contributed by atoms with van der Waals surface area (Å²) in [6.45, 7) is 0. The van der Waals surface area contributed by atoms with Crippen LogP contribution in [0.4, 0.5) is 11.4 Å². The molecule has 0 unspecified atom stereocenters. The molecule has 0 atom stereocenters. The molecule has 0 bridgehead atoms. The van der Waals surface area contributed by atoms with Crippen LogP contribution in [-0.4, -0.2) is 26.2 Å². The number of para-hydroxylation sites is 1. The number of hydrogen-bond acceptors (Lipinski definition) is 5. The highest BCUT2D eigenvalue weighted by molar-refractivity contribution is 5.88. The Hall–Kier alpha value is -3.17. The Labute approximate surface area is 134 Å². The summed E-state index contributed by atoms with van der Waals surface area (Å²) in [6.07, 6.45) is 2.98. The van der Waals surface area contributed by atoms with E-state index in [4.69, 9.17) is 4.74 Å². The van der Waals surface area contributed by atoms with Gasteiger partial charge in [-0.3, -0.25) is 0 Å². The third-order valence-corrected chi connectivity index (χ3v) is 2.96. The van der Waals surface area contributed by atoms with Gasteiger partial charge in [0.05, 0.1) is 25.6 Å². The Bertz CT molecular complexity index is 758. The molecule has 2 aromatic carbocycles. The molecule has 0 aliphatic rings. The quantitative estimate of drug-likeness (QED) is 0.476. The predicted molar refractivity (Wildman–Crippen MR) is 89.7 cm³/mol. The number of methoxy groups -OCH3 is 2. The summed E-state index contributed by atoms with van der Waals surface area (Å²) in [7, 11) is 2.94. The molecular formula is C18H16N2O3. The van der Waals surface area contributed by atoms with Gasteiger partial charge in [-0.2, -0.15) is 9.98 Å². The monoisotopic (exact) mass is 308 g/mol. The maximum absolute atomic E-state index is 11.2. The van der Waals surface area contributed by atoms with E-state index >= 15 is 0 Å². The van der Waals surface area contributed by atoms with E-state index in [0.29, 0.717) is 5.69 Å². The van der Waals surface area contributed by atoms with Gasteiger partial charge in [0.1, 0.15) is 11.8 Å². The molecule has 0 heterocycles. The third kappa shape index (κ3) is 4.95. The van der Waals surface area contributed by atoms with Gasteiger partial charge in [0.25, 0.3) is 0 Å². The van der Waals surface area contributed by atoms with Crippen LogP contribution in [-0.2, 0) is 9.53 Å². The molecule has 0 spiro atoms. The number of aliphatic imine (C=N–C) groups is 2.